The molecule has 4 atom stereocenters. The van der Waals surface area contributed by atoms with Crippen LogP contribution in [0, 0.1) is 5.92 Å². The summed E-state index contributed by atoms with van der Waals surface area (Å²) in [7, 11) is -2.06. The van der Waals surface area contributed by atoms with Crippen LogP contribution in [0.2, 0.25) is 0 Å². The Morgan fingerprint density at radius 2 is 1.95 bits per heavy atom. The van der Waals surface area contributed by atoms with E-state index in [2.05, 4.69) is 59.2 Å². The second-order valence-electron chi connectivity index (χ2n) is 12.2. The molecule has 210 valence electrons. The lowest BCUT2D eigenvalue weighted by atomic mass is 9.88. The number of anilines is 4. The number of nitrogens with one attached hydrogen (secondary N) is 1. The Balaban J connectivity index is 1.40. The maximum Gasteiger partial charge on any atom is 0.227 e. The minimum atomic E-state index is -2.06. The number of nitrogens with zero attached hydrogens (tertiary/aromatic N) is 5. The van der Waals surface area contributed by atoms with Crippen molar-refractivity contribution in [2.75, 3.05) is 54.2 Å². The molecule has 0 bridgehead atoms. The fraction of sp³-hybridized carbons (Fsp3) is 0.552. The Morgan fingerprint density at radius 3 is 2.62 bits per heavy atom. The Morgan fingerprint density at radius 1 is 1.18 bits per heavy atom. The van der Waals surface area contributed by atoms with Crippen LogP contribution in [0.5, 0.6) is 0 Å². The zero-order valence-electron chi connectivity index (χ0n) is 23.7. The highest BCUT2D eigenvalue weighted by atomic mass is 31.2. The summed E-state index contributed by atoms with van der Waals surface area (Å²) < 4.78 is 26.8. The molecule has 0 spiro atoms. The van der Waals surface area contributed by atoms with Crippen molar-refractivity contribution in [3.8, 4) is 0 Å². The predicted octanol–water partition coefficient (Wildman–Crippen LogP) is 5.64. The molecule has 2 aromatic heterocycles. The summed E-state index contributed by atoms with van der Waals surface area (Å²) >= 11 is 0. The van der Waals surface area contributed by atoms with E-state index in [-0.39, 0.29) is 6.54 Å². The van der Waals surface area contributed by atoms with Gasteiger partial charge in [-0.1, -0.05) is 19.9 Å². The summed E-state index contributed by atoms with van der Waals surface area (Å²) in [6.45, 7) is 13.3. The van der Waals surface area contributed by atoms with Crippen molar-refractivity contribution in [1.29, 1.82) is 0 Å². The first-order chi connectivity index (χ1) is 18.3. The van der Waals surface area contributed by atoms with Crippen LogP contribution in [0.3, 0.4) is 0 Å². The number of rotatable bonds is 7. The average Bonchev–Trinajstić information content (AvgIpc) is 2.86. The Kier molecular flexibility index (Phi) is 7.36. The van der Waals surface area contributed by atoms with Crippen LogP contribution in [0.25, 0.3) is 10.8 Å². The van der Waals surface area contributed by atoms with E-state index in [1.807, 2.05) is 19.5 Å². The molecule has 8 nitrogen and oxygen atoms in total. The highest BCUT2D eigenvalue weighted by Crippen LogP contribution is 2.45. The number of benzene rings is 1. The van der Waals surface area contributed by atoms with E-state index in [0.29, 0.717) is 48.4 Å². The molecule has 0 unspecified atom stereocenters. The quantitative estimate of drug-likeness (QED) is 0.363. The van der Waals surface area contributed by atoms with Gasteiger partial charge in [0, 0.05) is 54.7 Å². The molecule has 0 radical (unpaired) electrons. The van der Waals surface area contributed by atoms with Crippen molar-refractivity contribution in [2.45, 2.75) is 57.8 Å². The summed E-state index contributed by atoms with van der Waals surface area (Å²) in [5.41, 5.74) is 1.08. The standard InChI is InChI=1S/C29H40FN6O2P/c1-18(2)21-7-8-24(36-15-20(19(36)3)17-39(5,6)38)23-14-32-27(13-22(21)23)33-26-9-11-31-28(34-26)35-12-10-29(4,37)25(30)16-35/h7-9,11,13-14,18-20,25,37H,10,12,15-17H2,1-6H3,(H,31,32,33,34)/t19-,20-,25+,29-/m1/s1. The number of hydrogen-bond donors (Lipinski definition) is 2. The van der Waals surface area contributed by atoms with Crippen LogP contribution in [-0.4, -0.2) is 77.0 Å². The molecule has 5 rings (SSSR count). The number of piperidine rings is 1. The maximum absolute atomic E-state index is 14.4. The van der Waals surface area contributed by atoms with E-state index in [4.69, 9.17) is 4.98 Å². The summed E-state index contributed by atoms with van der Waals surface area (Å²) in [5, 5.41) is 15.7. The normalized spacial score (nSPS) is 25.7. The monoisotopic (exact) mass is 554 g/mol. The molecular formula is C29H40FN6O2P. The minimum absolute atomic E-state index is 0.0506. The molecule has 1 aromatic carbocycles. The van der Waals surface area contributed by atoms with Gasteiger partial charge >= 0.3 is 0 Å². The van der Waals surface area contributed by atoms with E-state index < -0.39 is 18.9 Å². The third-order valence-electron chi connectivity index (χ3n) is 8.25. The first kappa shape index (κ1) is 27.8. The van der Waals surface area contributed by atoms with E-state index >= 15 is 0 Å². The smallest absolute Gasteiger partial charge is 0.227 e. The highest BCUT2D eigenvalue weighted by molar-refractivity contribution is 7.62. The van der Waals surface area contributed by atoms with E-state index in [0.717, 1.165) is 29.2 Å². The summed E-state index contributed by atoms with van der Waals surface area (Å²) in [6, 6.07) is 8.56. The minimum Gasteiger partial charge on any atom is -0.387 e. The van der Waals surface area contributed by atoms with Crippen LogP contribution in [-0.2, 0) is 4.57 Å². The van der Waals surface area contributed by atoms with Crippen molar-refractivity contribution in [2.24, 2.45) is 5.92 Å². The zero-order valence-corrected chi connectivity index (χ0v) is 24.6. The molecule has 2 fully saturated rings. The lowest BCUT2D eigenvalue weighted by Crippen LogP contribution is -2.56. The third kappa shape index (κ3) is 5.75. The van der Waals surface area contributed by atoms with Crippen LogP contribution in [0.4, 0.5) is 27.7 Å². The molecule has 2 aliphatic rings. The topological polar surface area (TPSA) is 94.5 Å². The zero-order chi connectivity index (χ0) is 28.1. The Hall–Kier alpha value is -2.77. The third-order valence-corrected chi connectivity index (χ3v) is 9.60. The molecule has 0 amide bonds. The van der Waals surface area contributed by atoms with Gasteiger partial charge in [-0.15, -0.1) is 0 Å². The second-order valence-corrected chi connectivity index (χ2v) is 15.8. The van der Waals surface area contributed by atoms with Gasteiger partial charge in [0.2, 0.25) is 5.95 Å². The lowest BCUT2D eigenvalue weighted by Gasteiger charge is -2.49. The first-order valence-corrected chi connectivity index (χ1v) is 16.6. The van der Waals surface area contributed by atoms with Gasteiger partial charge in [-0.05, 0) is 68.7 Å². The fourth-order valence-electron chi connectivity index (χ4n) is 5.73. The Bertz CT molecular complexity index is 1410. The van der Waals surface area contributed by atoms with Gasteiger partial charge in [0.05, 0.1) is 19.3 Å². The van der Waals surface area contributed by atoms with Crippen molar-refractivity contribution in [1.82, 2.24) is 15.0 Å². The molecule has 2 aliphatic heterocycles. The van der Waals surface area contributed by atoms with Crippen LogP contribution in [0.1, 0.15) is 45.6 Å². The number of halogens is 1. The summed E-state index contributed by atoms with van der Waals surface area (Å²) in [6.07, 6.45) is 3.30. The van der Waals surface area contributed by atoms with Gasteiger partial charge in [0.15, 0.2) is 0 Å². The van der Waals surface area contributed by atoms with Crippen LogP contribution in [0.15, 0.2) is 36.7 Å². The molecular weight excluding hydrogens is 514 g/mol. The lowest BCUT2D eigenvalue weighted by molar-refractivity contribution is -0.0332. The molecule has 0 saturated carbocycles. The van der Waals surface area contributed by atoms with Crippen molar-refractivity contribution in [3.63, 3.8) is 0 Å². The number of aliphatic hydroxyl groups is 1. The van der Waals surface area contributed by atoms with Crippen LogP contribution >= 0.6 is 7.14 Å². The van der Waals surface area contributed by atoms with E-state index in [1.54, 1.807) is 17.2 Å². The summed E-state index contributed by atoms with van der Waals surface area (Å²) in [5.74, 6) is 2.44. The number of alkyl halides is 1. The van der Waals surface area contributed by atoms with Crippen LogP contribution < -0.4 is 15.1 Å². The van der Waals surface area contributed by atoms with Crippen molar-refractivity contribution < 1.29 is 14.1 Å². The van der Waals surface area contributed by atoms with Gasteiger partial charge in [-0.25, -0.2) is 14.4 Å². The van der Waals surface area contributed by atoms with Gasteiger partial charge < -0.3 is 24.8 Å². The molecule has 3 aromatic rings. The van der Waals surface area contributed by atoms with E-state index in [1.165, 1.54) is 12.5 Å². The maximum atomic E-state index is 14.4. The van der Waals surface area contributed by atoms with Gasteiger partial charge in [0.1, 0.15) is 17.8 Å². The molecule has 2 N–H and O–H groups in total. The predicted molar refractivity (Wildman–Crippen MR) is 158 cm³/mol. The SMILES string of the molecule is CC(C)c1ccc(N2C[C@H](CP(C)(C)=O)[C@H]2C)c2cnc(Nc3ccnc(N4CC[C@@](C)(O)[C@@H](F)C4)n3)cc12. The van der Waals surface area contributed by atoms with Gasteiger partial charge in [-0.2, -0.15) is 4.98 Å². The highest BCUT2D eigenvalue weighted by Gasteiger charge is 2.39. The molecule has 4 heterocycles. The second kappa shape index (κ2) is 10.3. The molecule has 0 aliphatic carbocycles. The molecule has 2 saturated heterocycles. The van der Waals surface area contributed by atoms with Crippen molar-refractivity contribution >= 4 is 41.2 Å². The average molecular weight is 555 g/mol. The number of aromatic nitrogens is 3. The van der Waals surface area contributed by atoms with Crippen molar-refractivity contribution in [3.05, 3.63) is 42.2 Å². The largest absolute Gasteiger partial charge is 0.387 e. The number of hydrogen-bond acceptors (Lipinski definition) is 8. The van der Waals surface area contributed by atoms with Gasteiger partial charge in [-0.3, -0.25) is 0 Å². The first-order valence-electron chi connectivity index (χ1n) is 13.8. The fourth-order valence-corrected chi connectivity index (χ4v) is 7.28. The molecule has 10 heteroatoms. The number of fused-ring (bicyclic) bond motifs is 1. The molecule has 39 heavy (non-hydrogen) atoms. The van der Waals surface area contributed by atoms with E-state index in [9.17, 15) is 14.1 Å². The van der Waals surface area contributed by atoms with Gasteiger partial charge in [0.25, 0.3) is 0 Å². The Labute approximate surface area is 230 Å². The number of pyridine rings is 1. The summed E-state index contributed by atoms with van der Waals surface area (Å²) in [4.78, 5) is 17.8.